The number of nitrogens with one attached hydrogen (secondary N) is 1. The van der Waals surface area contributed by atoms with Crippen LogP contribution in [0.1, 0.15) is 46.0 Å². The standard InChI is InChI=1S/C14H26N2O4/c1-4-9(2)12(13(18)19)15-14(20)16(3)10-7-5-6-8-11(10)17/h9-12,17H,4-8H2,1-3H3,(H,15,20)(H,18,19)/t9?,10?,11?,12-/m0/s1. The van der Waals surface area contributed by atoms with Crippen LogP contribution in [0.4, 0.5) is 4.79 Å². The van der Waals surface area contributed by atoms with Gasteiger partial charge in [0.2, 0.25) is 0 Å². The van der Waals surface area contributed by atoms with E-state index in [1.165, 1.54) is 4.90 Å². The van der Waals surface area contributed by atoms with E-state index < -0.39 is 24.1 Å². The highest BCUT2D eigenvalue weighted by atomic mass is 16.4. The van der Waals surface area contributed by atoms with Gasteiger partial charge in [0, 0.05) is 7.05 Å². The zero-order chi connectivity index (χ0) is 15.3. The number of amides is 2. The van der Waals surface area contributed by atoms with Crippen molar-refractivity contribution in [3.63, 3.8) is 0 Å². The van der Waals surface area contributed by atoms with Gasteiger partial charge < -0.3 is 20.4 Å². The number of hydrogen-bond donors (Lipinski definition) is 3. The number of hydrogen-bond acceptors (Lipinski definition) is 3. The predicted octanol–water partition coefficient (Wildman–Crippen LogP) is 1.43. The van der Waals surface area contributed by atoms with Crippen LogP contribution < -0.4 is 5.32 Å². The van der Waals surface area contributed by atoms with Crippen LogP contribution in [0, 0.1) is 5.92 Å². The number of aliphatic hydroxyl groups is 1. The number of aliphatic carboxylic acids is 1. The molecular formula is C14H26N2O4. The Hall–Kier alpha value is -1.30. The van der Waals surface area contributed by atoms with E-state index >= 15 is 0 Å². The molecule has 0 heterocycles. The summed E-state index contributed by atoms with van der Waals surface area (Å²) in [5, 5.41) is 21.7. The van der Waals surface area contributed by atoms with Crippen molar-refractivity contribution in [2.45, 2.75) is 64.1 Å². The smallest absolute Gasteiger partial charge is 0.326 e. The van der Waals surface area contributed by atoms with Crippen molar-refractivity contribution in [1.82, 2.24) is 10.2 Å². The molecule has 6 heteroatoms. The molecule has 1 saturated carbocycles. The molecule has 4 atom stereocenters. The van der Waals surface area contributed by atoms with E-state index in [1.54, 1.807) is 14.0 Å². The number of carbonyl (C=O) groups is 2. The number of carboxylic acid groups (broad SMARTS) is 1. The third-order valence-electron chi connectivity index (χ3n) is 4.27. The summed E-state index contributed by atoms with van der Waals surface area (Å²) in [5.74, 6) is -1.16. The minimum atomic E-state index is -1.02. The molecular weight excluding hydrogens is 260 g/mol. The summed E-state index contributed by atoms with van der Waals surface area (Å²) in [7, 11) is 1.62. The van der Waals surface area contributed by atoms with Crippen LogP contribution in [0.2, 0.25) is 0 Å². The van der Waals surface area contributed by atoms with Crippen molar-refractivity contribution in [2.24, 2.45) is 5.92 Å². The van der Waals surface area contributed by atoms with Crippen molar-refractivity contribution >= 4 is 12.0 Å². The van der Waals surface area contributed by atoms with Gasteiger partial charge in [-0.2, -0.15) is 0 Å². The fourth-order valence-corrected chi connectivity index (χ4v) is 2.61. The Morgan fingerprint density at radius 3 is 2.45 bits per heavy atom. The number of carbonyl (C=O) groups excluding carboxylic acids is 1. The van der Waals surface area contributed by atoms with Crippen molar-refractivity contribution in [1.29, 1.82) is 0 Å². The van der Waals surface area contributed by atoms with Crippen LogP contribution in [0.15, 0.2) is 0 Å². The van der Waals surface area contributed by atoms with Crippen molar-refractivity contribution in [2.75, 3.05) is 7.05 Å². The highest BCUT2D eigenvalue weighted by Crippen LogP contribution is 2.22. The molecule has 6 nitrogen and oxygen atoms in total. The lowest BCUT2D eigenvalue weighted by Crippen LogP contribution is -2.54. The third kappa shape index (κ3) is 4.10. The summed E-state index contributed by atoms with van der Waals surface area (Å²) in [5.41, 5.74) is 0. The first-order chi connectivity index (χ1) is 9.38. The summed E-state index contributed by atoms with van der Waals surface area (Å²) in [6.45, 7) is 3.69. The molecule has 0 aromatic carbocycles. The summed E-state index contributed by atoms with van der Waals surface area (Å²) < 4.78 is 0. The van der Waals surface area contributed by atoms with E-state index in [2.05, 4.69) is 5.32 Å². The highest BCUT2D eigenvalue weighted by Gasteiger charge is 2.32. The van der Waals surface area contributed by atoms with Gasteiger partial charge >= 0.3 is 12.0 Å². The van der Waals surface area contributed by atoms with Crippen LogP contribution in [0.5, 0.6) is 0 Å². The Morgan fingerprint density at radius 2 is 1.95 bits per heavy atom. The van der Waals surface area contributed by atoms with Crippen molar-refractivity contribution in [3.8, 4) is 0 Å². The monoisotopic (exact) mass is 286 g/mol. The maximum absolute atomic E-state index is 12.2. The van der Waals surface area contributed by atoms with Gasteiger partial charge in [0.15, 0.2) is 0 Å². The second-order valence-corrected chi connectivity index (χ2v) is 5.68. The first-order valence-corrected chi connectivity index (χ1v) is 7.32. The third-order valence-corrected chi connectivity index (χ3v) is 4.27. The maximum atomic E-state index is 12.2. The van der Waals surface area contributed by atoms with E-state index in [9.17, 15) is 19.8 Å². The van der Waals surface area contributed by atoms with Gasteiger partial charge in [0.05, 0.1) is 12.1 Å². The molecule has 3 N–H and O–H groups in total. The summed E-state index contributed by atoms with van der Waals surface area (Å²) >= 11 is 0. The number of likely N-dealkylation sites (N-methyl/N-ethyl adjacent to an activating group) is 1. The molecule has 1 fully saturated rings. The number of urea groups is 1. The van der Waals surface area contributed by atoms with Gasteiger partial charge in [-0.3, -0.25) is 0 Å². The molecule has 1 aliphatic carbocycles. The Labute approximate surface area is 120 Å². The molecule has 0 aliphatic heterocycles. The summed E-state index contributed by atoms with van der Waals surface area (Å²) in [6.07, 6.45) is 3.55. The van der Waals surface area contributed by atoms with Gasteiger partial charge in [-0.25, -0.2) is 9.59 Å². The number of carboxylic acids is 1. The SMILES string of the molecule is CCC(C)[C@H](NC(=O)N(C)C1CCCCC1O)C(=O)O. The van der Waals surface area contributed by atoms with Crippen molar-refractivity contribution < 1.29 is 19.8 Å². The van der Waals surface area contributed by atoms with Gasteiger partial charge in [0.25, 0.3) is 0 Å². The maximum Gasteiger partial charge on any atom is 0.326 e. The fourth-order valence-electron chi connectivity index (χ4n) is 2.61. The fraction of sp³-hybridized carbons (Fsp3) is 0.857. The molecule has 0 radical (unpaired) electrons. The molecule has 1 aliphatic rings. The lowest BCUT2D eigenvalue weighted by atomic mass is 9.92. The predicted molar refractivity (Wildman–Crippen MR) is 75.4 cm³/mol. The van der Waals surface area contributed by atoms with Gasteiger partial charge in [0.1, 0.15) is 6.04 Å². The molecule has 20 heavy (non-hydrogen) atoms. The quantitative estimate of drug-likeness (QED) is 0.713. The van der Waals surface area contributed by atoms with Crippen LogP contribution in [-0.4, -0.2) is 52.3 Å². The first-order valence-electron chi connectivity index (χ1n) is 7.32. The van der Waals surface area contributed by atoms with Gasteiger partial charge in [-0.1, -0.05) is 33.1 Å². The second-order valence-electron chi connectivity index (χ2n) is 5.68. The Bertz CT molecular complexity index is 348. The first kappa shape index (κ1) is 16.8. The molecule has 3 unspecified atom stereocenters. The minimum Gasteiger partial charge on any atom is -0.480 e. The van der Waals surface area contributed by atoms with E-state index in [-0.39, 0.29) is 12.0 Å². The molecule has 116 valence electrons. The highest BCUT2D eigenvalue weighted by molar-refractivity contribution is 5.82. The normalized spacial score (nSPS) is 25.6. The Morgan fingerprint density at radius 1 is 1.35 bits per heavy atom. The average Bonchev–Trinajstić information content (AvgIpc) is 2.43. The number of aliphatic hydroxyl groups excluding tert-OH is 1. The molecule has 0 bridgehead atoms. The Kier molecular flexibility index (Phi) is 6.26. The Balaban J connectivity index is 2.65. The number of nitrogens with zero attached hydrogens (tertiary/aromatic N) is 1. The molecule has 1 rings (SSSR count). The van der Waals surface area contributed by atoms with E-state index in [1.807, 2.05) is 6.92 Å². The molecule has 0 aromatic rings. The largest absolute Gasteiger partial charge is 0.480 e. The zero-order valence-corrected chi connectivity index (χ0v) is 12.5. The second kappa shape index (κ2) is 7.47. The van der Waals surface area contributed by atoms with E-state index in [0.717, 1.165) is 19.3 Å². The molecule has 0 spiro atoms. The van der Waals surface area contributed by atoms with Crippen LogP contribution in [0.25, 0.3) is 0 Å². The zero-order valence-electron chi connectivity index (χ0n) is 12.5. The van der Waals surface area contributed by atoms with Crippen molar-refractivity contribution in [3.05, 3.63) is 0 Å². The van der Waals surface area contributed by atoms with Gasteiger partial charge in [-0.05, 0) is 18.8 Å². The van der Waals surface area contributed by atoms with E-state index in [0.29, 0.717) is 12.8 Å². The van der Waals surface area contributed by atoms with E-state index in [4.69, 9.17) is 0 Å². The lowest BCUT2D eigenvalue weighted by Gasteiger charge is -2.36. The van der Waals surface area contributed by atoms with Gasteiger partial charge in [-0.15, -0.1) is 0 Å². The average molecular weight is 286 g/mol. The summed E-state index contributed by atoms with van der Waals surface area (Å²) in [6, 6.07) is -1.55. The van der Waals surface area contributed by atoms with Crippen LogP contribution in [-0.2, 0) is 4.79 Å². The molecule has 0 aromatic heterocycles. The summed E-state index contributed by atoms with van der Waals surface area (Å²) in [4.78, 5) is 24.8. The number of rotatable bonds is 5. The van der Waals surface area contributed by atoms with Crippen LogP contribution in [0.3, 0.4) is 0 Å². The molecule has 2 amide bonds. The lowest BCUT2D eigenvalue weighted by molar-refractivity contribution is -0.140. The minimum absolute atomic E-state index is 0.138. The topological polar surface area (TPSA) is 89.9 Å². The van der Waals surface area contributed by atoms with Crippen LogP contribution >= 0.6 is 0 Å². The molecule has 0 saturated heterocycles.